The minimum Gasteiger partial charge on any atom is -0.493 e. The molecule has 0 fully saturated rings. The molecule has 0 unspecified atom stereocenters. The summed E-state index contributed by atoms with van der Waals surface area (Å²) in [4.78, 5) is 2.70. The Bertz CT molecular complexity index is 414. The highest BCUT2D eigenvalue weighted by molar-refractivity contribution is 9.10. The number of halogens is 1. The number of nitrogens with zero attached hydrogens (tertiary/aromatic N) is 3. The standard InChI is InChI=1S/C12H16BrN3O/c1-9(2)11-8-10(13)4-5-12(11)17-7-3-6-15-16-14/h4-5,8-9H,3,6-7H2,1-2H3. The molecule has 4 nitrogen and oxygen atoms in total. The van der Waals surface area contributed by atoms with Gasteiger partial charge in [-0.15, -0.1) is 0 Å². The van der Waals surface area contributed by atoms with Gasteiger partial charge >= 0.3 is 0 Å². The summed E-state index contributed by atoms with van der Waals surface area (Å²) in [5, 5.41) is 3.47. The highest BCUT2D eigenvalue weighted by atomic mass is 79.9. The maximum absolute atomic E-state index is 8.14. The number of azide groups is 1. The fourth-order valence-corrected chi connectivity index (χ4v) is 1.84. The third kappa shape index (κ3) is 4.67. The normalized spacial score (nSPS) is 10.1. The molecule has 0 amide bonds. The Morgan fingerprint density at radius 3 is 2.88 bits per heavy atom. The molecule has 0 heterocycles. The molecule has 5 heteroatoms. The van der Waals surface area contributed by atoms with Crippen molar-refractivity contribution in [3.8, 4) is 5.75 Å². The van der Waals surface area contributed by atoms with Crippen LogP contribution in [0.1, 0.15) is 31.7 Å². The van der Waals surface area contributed by atoms with Gasteiger partial charge in [-0.05, 0) is 41.6 Å². The molecule has 0 saturated carbocycles. The third-order valence-electron chi connectivity index (χ3n) is 2.32. The summed E-state index contributed by atoms with van der Waals surface area (Å²) in [6.45, 7) is 5.31. The van der Waals surface area contributed by atoms with Gasteiger partial charge in [0.2, 0.25) is 0 Å². The van der Waals surface area contributed by atoms with Crippen LogP contribution in [0.3, 0.4) is 0 Å². The second-order valence-electron chi connectivity index (χ2n) is 3.99. The second kappa shape index (κ2) is 7.20. The summed E-state index contributed by atoms with van der Waals surface area (Å²) in [5.74, 6) is 1.32. The van der Waals surface area contributed by atoms with E-state index in [9.17, 15) is 0 Å². The van der Waals surface area contributed by atoms with Gasteiger partial charge in [0.05, 0.1) is 6.61 Å². The summed E-state index contributed by atoms with van der Waals surface area (Å²) in [6, 6.07) is 6.01. The number of hydrogen-bond acceptors (Lipinski definition) is 2. The zero-order valence-corrected chi connectivity index (χ0v) is 11.6. The van der Waals surface area contributed by atoms with Crippen molar-refractivity contribution >= 4 is 15.9 Å². The van der Waals surface area contributed by atoms with Gasteiger partial charge in [-0.25, -0.2) is 0 Å². The van der Waals surface area contributed by atoms with Gasteiger partial charge in [0, 0.05) is 15.9 Å². The number of hydrogen-bond donors (Lipinski definition) is 0. The first kappa shape index (κ1) is 13.9. The van der Waals surface area contributed by atoms with Crippen LogP contribution in [0.15, 0.2) is 27.8 Å². The minimum absolute atomic E-state index is 0.416. The van der Waals surface area contributed by atoms with E-state index in [1.165, 1.54) is 5.56 Å². The molecular formula is C12H16BrN3O. The molecule has 1 aromatic carbocycles. The van der Waals surface area contributed by atoms with Gasteiger partial charge in [0.25, 0.3) is 0 Å². The molecule has 1 rings (SSSR count). The van der Waals surface area contributed by atoms with Crippen LogP contribution in [0, 0.1) is 0 Å². The lowest BCUT2D eigenvalue weighted by Crippen LogP contribution is -2.02. The van der Waals surface area contributed by atoms with Gasteiger partial charge in [-0.2, -0.15) is 0 Å². The van der Waals surface area contributed by atoms with Crippen molar-refractivity contribution in [3.63, 3.8) is 0 Å². The first-order valence-electron chi connectivity index (χ1n) is 5.58. The van der Waals surface area contributed by atoms with Crippen molar-refractivity contribution in [2.75, 3.05) is 13.2 Å². The van der Waals surface area contributed by atoms with Crippen molar-refractivity contribution in [1.29, 1.82) is 0 Å². The minimum atomic E-state index is 0.416. The summed E-state index contributed by atoms with van der Waals surface area (Å²) < 4.78 is 6.75. The molecule has 0 aliphatic carbocycles. The SMILES string of the molecule is CC(C)c1cc(Br)ccc1OCCCN=[N+]=[N-]. The predicted octanol–water partition coefficient (Wildman–Crippen LogP) is 4.65. The number of ether oxygens (including phenoxy) is 1. The van der Waals surface area contributed by atoms with Gasteiger partial charge < -0.3 is 4.74 Å². The molecule has 1 aromatic rings. The summed E-state index contributed by atoms with van der Waals surface area (Å²) in [7, 11) is 0. The lowest BCUT2D eigenvalue weighted by molar-refractivity contribution is 0.309. The van der Waals surface area contributed by atoms with Crippen molar-refractivity contribution in [2.24, 2.45) is 5.11 Å². The molecular weight excluding hydrogens is 282 g/mol. The maximum atomic E-state index is 8.14. The van der Waals surface area contributed by atoms with E-state index < -0.39 is 0 Å². The Morgan fingerprint density at radius 2 is 2.24 bits per heavy atom. The van der Waals surface area contributed by atoms with E-state index in [-0.39, 0.29) is 0 Å². The monoisotopic (exact) mass is 297 g/mol. The fourth-order valence-electron chi connectivity index (χ4n) is 1.46. The molecule has 0 spiro atoms. The lowest BCUT2D eigenvalue weighted by atomic mass is 10.0. The highest BCUT2D eigenvalue weighted by Gasteiger charge is 2.08. The zero-order chi connectivity index (χ0) is 12.7. The fraction of sp³-hybridized carbons (Fsp3) is 0.500. The van der Waals surface area contributed by atoms with Crippen molar-refractivity contribution in [2.45, 2.75) is 26.2 Å². The molecule has 0 aliphatic heterocycles. The van der Waals surface area contributed by atoms with Crippen molar-refractivity contribution in [3.05, 3.63) is 38.7 Å². The van der Waals surface area contributed by atoms with Gasteiger partial charge in [-0.3, -0.25) is 0 Å². The first-order chi connectivity index (χ1) is 8.15. The molecule has 0 bridgehead atoms. The van der Waals surface area contributed by atoms with Crippen LogP contribution in [-0.2, 0) is 0 Å². The molecule has 0 radical (unpaired) electrons. The summed E-state index contributed by atoms with van der Waals surface area (Å²) in [6.07, 6.45) is 0.734. The predicted molar refractivity (Wildman–Crippen MR) is 72.4 cm³/mol. The first-order valence-corrected chi connectivity index (χ1v) is 6.37. The van der Waals surface area contributed by atoms with E-state index in [2.05, 4.69) is 45.9 Å². The molecule has 0 aliphatic rings. The van der Waals surface area contributed by atoms with Crippen LogP contribution in [-0.4, -0.2) is 13.2 Å². The van der Waals surface area contributed by atoms with Gasteiger partial charge in [0.15, 0.2) is 0 Å². The molecule has 0 N–H and O–H groups in total. The van der Waals surface area contributed by atoms with Crippen molar-refractivity contribution in [1.82, 2.24) is 0 Å². The van der Waals surface area contributed by atoms with E-state index in [4.69, 9.17) is 10.3 Å². The molecule has 0 aromatic heterocycles. The Balaban J connectivity index is 2.60. The molecule has 0 saturated heterocycles. The average Bonchev–Trinajstić information content (AvgIpc) is 2.30. The molecule has 92 valence electrons. The Morgan fingerprint density at radius 1 is 1.47 bits per heavy atom. The third-order valence-corrected chi connectivity index (χ3v) is 2.81. The highest BCUT2D eigenvalue weighted by Crippen LogP contribution is 2.29. The summed E-state index contributed by atoms with van der Waals surface area (Å²) >= 11 is 3.46. The largest absolute Gasteiger partial charge is 0.493 e. The van der Waals surface area contributed by atoms with Crippen LogP contribution in [0.25, 0.3) is 10.4 Å². The van der Waals surface area contributed by atoms with E-state index in [0.29, 0.717) is 19.1 Å². The number of rotatable bonds is 6. The van der Waals surface area contributed by atoms with E-state index in [1.54, 1.807) is 0 Å². The topological polar surface area (TPSA) is 58.0 Å². The van der Waals surface area contributed by atoms with E-state index >= 15 is 0 Å². The lowest BCUT2D eigenvalue weighted by Gasteiger charge is -2.14. The van der Waals surface area contributed by atoms with Gasteiger partial charge in [-0.1, -0.05) is 34.9 Å². The number of benzene rings is 1. The van der Waals surface area contributed by atoms with E-state index in [1.807, 2.05) is 12.1 Å². The Kier molecular flexibility index (Phi) is 5.87. The smallest absolute Gasteiger partial charge is 0.122 e. The van der Waals surface area contributed by atoms with Crippen molar-refractivity contribution < 1.29 is 4.74 Å². The van der Waals surface area contributed by atoms with E-state index in [0.717, 1.165) is 16.6 Å². The van der Waals surface area contributed by atoms with Crippen LogP contribution >= 0.6 is 15.9 Å². The van der Waals surface area contributed by atoms with Crippen LogP contribution in [0.4, 0.5) is 0 Å². The van der Waals surface area contributed by atoms with Crippen LogP contribution in [0.5, 0.6) is 5.75 Å². The summed E-state index contributed by atoms with van der Waals surface area (Å²) in [5.41, 5.74) is 9.33. The maximum Gasteiger partial charge on any atom is 0.122 e. The van der Waals surface area contributed by atoms with Crippen LogP contribution < -0.4 is 4.74 Å². The second-order valence-corrected chi connectivity index (χ2v) is 4.91. The Hall–Kier alpha value is -1.19. The molecule has 0 atom stereocenters. The van der Waals surface area contributed by atoms with Gasteiger partial charge in [0.1, 0.15) is 5.75 Å². The van der Waals surface area contributed by atoms with Crippen LogP contribution in [0.2, 0.25) is 0 Å². The Labute approximate surface area is 110 Å². The zero-order valence-electron chi connectivity index (χ0n) is 10.1. The molecule has 17 heavy (non-hydrogen) atoms. The average molecular weight is 298 g/mol. The quantitative estimate of drug-likeness (QED) is 0.326.